The number of anilines is 7. The summed E-state index contributed by atoms with van der Waals surface area (Å²) in [6, 6.07) is 19.1. The second-order valence-electron chi connectivity index (χ2n) is 17.4. The van der Waals surface area contributed by atoms with Crippen LogP contribution in [0.4, 0.5) is 57.6 Å². The first-order valence-electron chi connectivity index (χ1n) is 23.7. The van der Waals surface area contributed by atoms with Gasteiger partial charge in [-0.15, -0.1) is 0 Å². The third-order valence-corrected chi connectivity index (χ3v) is 12.7. The highest BCUT2D eigenvalue weighted by Gasteiger charge is 2.24. The van der Waals surface area contributed by atoms with E-state index in [2.05, 4.69) is 56.4 Å². The summed E-state index contributed by atoms with van der Waals surface area (Å²) >= 11 is 3.48. The zero-order chi connectivity index (χ0) is 51.6. The summed E-state index contributed by atoms with van der Waals surface area (Å²) in [5.41, 5.74) is 7.36. The molecule has 1 aliphatic heterocycles. The minimum atomic E-state index is -0.696. The van der Waals surface area contributed by atoms with E-state index in [1.54, 1.807) is 38.9 Å². The Kier molecular flexibility index (Phi) is 17.3. The van der Waals surface area contributed by atoms with E-state index in [1.165, 1.54) is 12.1 Å². The first-order valence-corrected chi connectivity index (χ1v) is 24.5. The molecule has 9 rings (SSSR count). The Morgan fingerprint density at radius 3 is 1.59 bits per heavy atom. The molecule has 0 atom stereocenters. The van der Waals surface area contributed by atoms with E-state index in [9.17, 15) is 8.78 Å². The Hall–Kier alpha value is -7.06. The molecule has 14 nitrogen and oxygen atoms in total. The van der Waals surface area contributed by atoms with Gasteiger partial charge in [0.25, 0.3) is 0 Å². The van der Waals surface area contributed by atoms with Gasteiger partial charge >= 0.3 is 0 Å². The van der Waals surface area contributed by atoms with Crippen molar-refractivity contribution in [1.82, 2.24) is 29.9 Å². The molecule has 2 N–H and O–H groups in total. The fourth-order valence-corrected chi connectivity index (χ4v) is 9.00. The lowest BCUT2D eigenvalue weighted by Gasteiger charge is -2.30. The maximum Gasteiger partial charge on any atom is 0.152 e. The van der Waals surface area contributed by atoms with Crippen molar-refractivity contribution in [3.8, 4) is 22.8 Å². The molecule has 0 spiro atoms. The number of methoxy groups -OCH3 is 2. The molecule has 0 radical (unpaired) electrons. The van der Waals surface area contributed by atoms with Gasteiger partial charge in [-0.2, -0.15) is 0 Å². The number of fused-ring (bicyclic) bond motifs is 2. The smallest absolute Gasteiger partial charge is 0.152 e. The van der Waals surface area contributed by atoms with E-state index in [1.807, 2.05) is 86.4 Å². The fourth-order valence-electron chi connectivity index (χ4n) is 8.67. The molecule has 0 saturated carbocycles. The van der Waals surface area contributed by atoms with Gasteiger partial charge in [-0.1, -0.05) is 12.1 Å². The number of benzene rings is 2. The molecule has 73 heavy (non-hydrogen) atoms. The van der Waals surface area contributed by atoms with Crippen molar-refractivity contribution in [3.05, 3.63) is 136 Å². The monoisotopic (exact) mass is 1060 g/mol. The third kappa shape index (κ3) is 12.2. The van der Waals surface area contributed by atoms with Gasteiger partial charge in [0.05, 0.1) is 92.4 Å². The molecule has 2 aromatic carbocycles. The highest BCUT2D eigenvalue weighted by Crippen LogP contribution is 2.41. The minimum Gasteiger partial charge on any atom is -0.385 e. The quantitative estimate of drug-likeness (QED) is 0.0660. The highest BCUT2D eigenvalue weighted by atomic mass is 79.9. The molecule has 19 heteroatoms. The summed E-state index contributed by atoms with van der Waals surface area (Å²) in [4.78, 5) is 33.7. The van der Waals surface area contributed by atoms with Gasteiger partial charge in [0, 0.05) is 126 Å². The molecular weight excluding hydrogens is 1010 g/mol. The van der Waals surface area contributed by atoms with Gasteiger partial charge in [0.1, 0.15) is 23.3 Å². The van der Waals surface area contributed by atoms with Crippen molar-refractivity contribution in [3.63, 3.8) is 0 Å². The van der Waals surface area contributed by atoms with E-state index >= 15 is 8.78 Å². The predicted octanol–water partition coefficient (Wildman–Crippen LogP) is 11.6. The van der Waals surface area contributed by atoms with Crippen LogP contribution in [0.2, 0.25) is 0 Å². The number of hydrogen-bond acceptors (Lipinski definition) is 14. The van der Waals surface area contributed by atoms with Crippen molar-refractivity contribution in [2.24, 2.45) is 0 Å². The van der Waals surface area contributed by atoms with E-state index in [4.69, 9.17) is 19.2 Å². The topological polar surface area (TPSA) is 139 Å². The zero-order valence-electron chi connectivity index (χ0n) is 41.4. The minimum absolute atomic E-state index is 0.198. The average molecular weight is 1060 g/mol. The first kappa shape index (κ1) is 52.3. The molecule has 0 aliphatic carbocycles. The molecule has 1 saturated heterocycles. The third-order valence-electron chi connectivity index (χ3n) is 12.3. The van der Waals surface area contributed by atoms with E-state index in [0.717, 1.165) is 48.2 Å². The highest BCUT2D eigenvalue weighted by molar-refractivity contribution is 9.10. The lowest BCUT2D eigenvalue weighted by atomic mass is 10.0. The molecular formula is C54H56BrF4N11O3. The maximum absolute atomic E-state index is 15.4. The average Bonchev–Trinajstić information content (AvgIpc) is 3.38. The summed E-state index contributed by atoms with van der Waals surface area (Å²) in [5.74, 6) is -1.38. The van der Waals surface area contributed by atoms with Crippen LogP contribution in [-0.4, -0.2) is 111 Å². The second kappa shape index (κ2) is 24.1. The van der Waals surface area contributed by atoms with Crippen LogP contribution in [0, 0.1) is 37.1 Å². The number of halogens is 5. The number of ether oxygens (including phenoxy) is 3. The van der Waals surface area contributed by atoms with Crippen molar-refractivity contribution >= 4 is 77.8 Å². The molecule has 0 bridgehead atoms. The van der Waals surface area contributed by atoms with Gasteiger partial charge < -0.3 is 39.5 Å². The fraction of sp³-hybridized carbons (Fsp3) is 0.296. The number of aromatic nitrogens is 6. The SMILES string of the molecule is COCCCN(C)c1ncc(Br)cc1Nc1c(C)c(-c2ccccn2)nc2cc(F)cc(F)c12.COCCCN(C)c1ncc(N2CCOCC2)cc1Nc1c(C)c(-c2ccccn2)nc2cc(F)cc(F)c12. The zero-order valence-corrected chi connectivity index (χ0v) is 43.0. The first-order chi connectivity index (χ1) is 35.3. The van der Waals surface area contributed by atoms with Gasteiger partial charge in [-0.05, 0) is 79.0 Å². The second-order valence-corrected chi connectivity index (χ2v) is 18.3. The van der Waals surface area contributed by atoms with Crippen molar-refractivity contribution < 1.29 is 31.8 Å². The summed E-state index contributed by atoms with van der Waals surface area (Å²) in [7, 11) is 7.24. The molecule has 380 valence electrons. The van der Waals surface area contributed by atoms with Crippen LogP contribution < -0.4 is 25.3 Å². The van der Waals surface area contributed by atoms with Crippen LogP contribution in [0.15, 0.2) is 102 Å². The van der Waals surface area contributed by atoms with Crippen LogP contribution in [0.25, 0.3) is 44.6 Å². The largest absolute Gasteiger partial charge is 0.385 e. The number of pyridine rings is 6. The normalized spacial score (nSPS) is 12.5. The Morgan fingerprint density at radius 1 is 0.644 bits per heavy atom. The van der Waals surface area contributed by atoms with Gasteiger partial charge in [-0.3, -0.25) is 9.97 Å². The van der Waals surface area contributed by atoms with Crippen LogP contribution in [0.1, 0.15) is 24.0 Å². The summed E-state index contributed by atoms with van der Waals surface area (Å²) in [6.07, 6.45) is 8.52. The van der Waals surface area contributed by atoms with Gasteiger partial charge in [0.2, 0.25) is 0 Å². The number of morpholine rings is 1. The predicted molar refractivity (Wildman–Crippen MR) is 285 cm³/mol. The summed E-state index contributed by atoms with van der Waals surface area (Å²) in [6.45, 7) is 9.15. The van der Waals surface area contributed by atoms with Gasteiger partial charge in [-0.25, -0.2) is 37.5 Å². The number of rotatable bonds is 17. The summed E-state index contributed by atoms with van der Waals surface area (Å²) < 4.78 is 75.5. The maximum atomic E-state index is 15.4. The molecule has 1 aliphatic rings. The van der Waals surface area contributed by atoms with Gasteiger partial charge in [0.15, 0.2) is 11.6 Å². The Labute approximate surface area is 429 Å². The summed E-state index contributed by atoms with van der Waals surface area (Å²) in [5, 5.41) is 7.26. The Bertz CT molecular complexity index is 3190. The Balaban J connectivity index is 0.000000197. The number of nitrogens with one attached hydrogen (secondary N) is 2. The molecule has 0 unspecified atom stereocenters. The number of hydrogen-bond donors (Lipinski definition) is 2. The van der Waals surface area contributed by atoms with Crippen LogP contribution in [-0.2, 0) is 14.2 Å². The van der Waals surface area contributed by atoms with Crippen LogP contribution >= 0.6 is 15.9 Å². The van der Waals surface area contributed by atoms with E-state index in [0.29, 0.717) is 108 Å². The molecule has 8 aromatic rings. The van der Waals surface area contributed by atoms with Crippen molar-refractivity contribution in [2.75, 3.05) is 106 Å². The lowest BCUT2D eigenvalue weighted by molar-refractivity contribution is 0.122. The standard InChI is InChI=1S/C29H32F2N6O2.C25H24BrF2N5O/c1-19-27(23-7-4-5-8-32-23)34-24-16-20(30)15-22(31)26(24)28(19)35-25-17-21(37-10-13-39-14-11-37)18-33-29(25)36(2)9-6-12-38-3;1-15-23(19-7-4-5-8-29-19)31-20-13-17(27)12-18(28)22(20)24(15)32-21-11-16(26)14-30-25(21)33(2)9-6-10-34-3/h4-5,7-8,15-18H,6,9-14H2,1-3H3,(H,34,35);4-5,7-8,11-14H,6,9-10H2,1-3H3,(H,31,32). The van der Waals surface area contributed by atoms with E-state index < -0.39 is 23.3 Å². The van der Waals surface area contributed by atoms with Crippen molar-refractivity contribution in [2.45, 2.75) is 26.7 Å². The Morgan fingerprint density at radius 2 is 1.12 bits per heavy atom. The van der Waals surface area contributed by atoms with Crippen molar-refractivity contribution in [1.29, 1.82) is 0 Å². The molecule has 0 amide bonds. The molecule has 6 aromatic heterocycles. The molecule has 1 fully saturated rings. The van der Waals surface area contributed by atoms with Crippen LogP contribution in [0.3, 0.4) is 0 Å². The van der Waals surface area contributed by atoms with E-state index in [-0.39, 0.29) is 21.8 Å². The van der Waals surface area contributed by atoms with Crippen LogP contribution in [0.5, 0.6) is 0 Å². The lowest BCUT2D eigenvalue weighted by Crippen LogP contribution is -2.36. The number of nitrogens with zero attached hydrogens (tertiary/aromatic N) is 9. The molecule has 7 heterocycles.